The van der Waals surface area contributed by atoms with Crippen LogP contribution in [0.3, 0.4) is 0 Å². The van der Waals surface area contributed by atoms with E-state index in [0.29, 0.717) is 25.0 Å². The predicted octanol–water partition coefficient (Wildman–Crippen LogP) is 3.78. The highest BCUT2D eigenvalue weighted by atomic mass is 127. The van der Waals surface area contributed by atoms with E-state index in [1.165, 1.54) is 6.26 Å². The topological polar surface area (TPSA) is 79.8 Å². The molecule has 1 rings (SSSR count). The fourth-order valence-electron chi connectivity index (χ4n) is 2.11. The Kier molecular flexibility index (Phi) is 11.4. The molecular formula is C20H36IN3O3S. The van der Waals surface area contributed by atoms with Gasteiger partial charge in [-0.3, -0.25) is 4.99 Å². The summed E-state index contributed by atoms with van der Waals surface area (Å²) in [7, 11) is -3.19. The minimum atomic E-state index is -3.19. The number of nitrogens with one attached hydrogen (secondary N) is 2. The fourth-order valence-corrected chi connectivity index (χ4v) is 2.41. The molecule has 2 N–H and O–H groups in total. The van der Waals surface area contributed by atoms with Crippen LogP contribution in [0.5, 0.6) is 5.75 Å². The van der Waals surface area contributed by atoms with Crippen molar-refractivity contribution in [2.45, 2.75) is 52.3 Å². The van der Waals surface area contributed by atoms with Gasteiger partial charge in [0.25, 0.3) is 0 Å². The van der Waals surface area contributed by atoms with Crippen LogP contribution >= 0.6 is 24.0 Å². The molecule has 0 fully saturated rings. The number of halogens is 1. The summed E-state index contributed by atoms with van der Waals surface area (Å²) in [5.41, 5.74) is 1.10. The van der Waals surface area contributed by atoms with Crippen LogP contribution in [0.15, 0.2) is 29.3 Å². The van der Waals surface area contributed by atoms with E-state index < -0.39 is 14.6 Å². The molecule has 0 spiro atoms. The molecule has 0 aromatic heterocycles. The van der Waals surface area contributed by atoms with Crippen LogP contribution in [-0.2, 0) is 9.84 Å². The van der Waals surface area contributed by atoms with Crippen molar-refractivity contribution in [3.63, 3.8) is 0 Å². The molecule has 0 saturated heterocycles. The largest absolute Gasteiger partial charge is 0.493 e. The quantitative estimate of drug-likeness (QED) is 0.292. The lowest BCUT2D eigenvalue weighted by molar-refractivity contribution is 0.271. The predicted molar refractivity (Wildman–Crippen MR) is 129 cm³/mol. The highest BCUT2D eigenvalue weighted by Gasteiger charge is 2.30. The van der Waals surface area contributed by atoms with Crippen molar-refractivity contribution in [2.75, 3.05) is 26.0 Å². The van der Waals surface area contributed by atoms with Crippen LogP contribution in [0.4, 0.5) is 0 Å². The Bertz CT molecular complexity index is 717. The lowest BCUT2D eigenvalue weighted by Crippen LogP contribution is -2.41. The van der Waals surface area contributed by atoms with Crippen molar-refractivity contribution in [3.05, 3.63) is 29.8 Å². The van der Waals surface area contributed by atoms with E-state index in [1.807, 2.05) is 38.1 Å². The monoisotopic (exact) mass is 525 g/mol. The first kappa shape index (κ1) is 27.0. The number of hydrogen-bond acceptors (Lipinski definition) is 4. The number of rotatable bonds is 9. The molecule has 0 bridgehead atoms. The fraction of sp³-hybridized carbons (Fsp3) is 0.650. The second-order valence-electron chi connectivity index (χ2n) is 7.87. The van der Waals surface area contributed by atoms with Crippen molar-refractivity contribution in [3.8, 4) is 5.75 Å². The molecule has 0 heterocycles. The average molecular weight is 525 g/mol. The van der Waals surface area contributed by atoms with Gasteiger partial charge in [-0.1, -0.05) is 26.0 Å². The molecular weight excluding hydrogens is 489 g/mol. The Morgan fingerprint density at radius 3 is 2.21 bits per heavy atom. The molecule has 1 atom stereocenters. The van der Waals surface area contributed by atoms with Crippen molar-refractivity contribution in [2.24, 2.45) is 10.9 Å². The van der Waals surface area contributed by atoms with E-state index in [-0.39, 0.29) is 36.6 Å². The minimum Gasteiger partial charge on any atom is -0.493 e. The molecule has 1 aromatic rings. The maximum absolute atomic E-state index is 11.9. The van der Waals surface area contributed by atoms with Gasteiger partial charge in [-0.25, -0.2) is 8.42 Å². The minimum absolute atomic E-state index is 0. The Balaban J connectivity index is 0.00000729. The first-order valence-corrected chi connectivity index (χ1v) is 11.3. The molecule has 0 aliphatic rings. The number of hydrogen-bond donors (Lipinski definition) is 2. The summed E-state index contributed by atoms with van der Waals surface area (Å²) in [5.74, 6) is 1.94. The summed E-state index contributed by atoms with van der Waals surface area (Å²) in [4.78, 5) is 4.47. The molecule has 0 aliphatic heterocycles. The third-order valence-electron chi connectivity index (χ3n) is 4.28. The van der Waals surface area contributed by atoms with Crippen LogP contribution in [0.25, 0.3) is 0 Å². The molecule has 0 saturated carbocycles. The van der Waals surface area contributed by atoms with E-state index >= 15 is 0 Å². The van der Waals surface area contributed by atoms with Gasteiger partial charge in [0, 0.05) is 12.8 Å². The van der Waals surface area contributed by atoms with Gasteiger partial charge in [0.05, 0.1) is 23.9 Å². The zero-order valence-corrected chi connectivity index (χ0v) is 21.2. The molecule has 162 valence electrons. The summed E-state index contributed by atoms with van der Waals surface area (Å²) in [6, 6.07) is 8.00. The van der Waals surface area contributed by atoms with Gasteiger partial charge < -0.3 is 15.4 Å². The van der Waals surface area contributed by atoms with Gasteiger partial charge in [-0.2, -0.15) is 0 Å². The summed E-state index contributed by atoms with van der Waals surface area (Å²) in [5, 5.41) is 6.50. The number of ether oxygens (including phenoxy) is 1. The molecule has 0 amide bonds. The smallest absolute Gasteiger partial charge is 0.191 e. The SMILES string of the molecule is CCNC(=NCC(C)(C)S(C)(=O)=O)NC(C)c1ccc(OCC(C)C)cc1.I. The van der Waals surface area contributed by atoms with Gasteiger partial charge in [0.2, 0.25) is 0 Å². The number of aliphatic imine (C=N–C) groups is 1. The second kappa shape index (κ2) is 11.8. The lowest BCUT2D eigenvalue weighted by Gasteiger charge is -2.22. The highest BCUT2D eigenvalue weighted by Crippen LogP contribution is 2.19. The Morgan fingerprint density at radius 2 is 1.75 bits per heavy atom. The number of sulfone groups is 1. The number of benzene rings is 1. The van der Waals surface area contributed by atoms with Gasteiger partial charge in [0.15, 0.2) is 15.8 Å². The third kappa shape index (κ3) is 8.98. The summed E-state index contributed by atoms with van der Waals surface area (Å²) < 4.78 is 28.6. The van der Waals surface area contributed by atoms with Crippen LogP contribution in [0.1, 0.15) is 53.1 Å². The molecule has 6 nitrogen and oxygen atoms in total. The summed E-state index contributed by atoms with van der Waals surface area (Å²) in [6.07, 6.45) is 1.24. The Labute approximate surface area is 187 Å². The standard InChI is InChI=1S/C20H35N3O3S.HI/c1-8-21-19(22-14-20(5,6)27(7,24)25)23-16(4)17-9-11-18(12-10-17)26-13-15(2)3;/h9-12,15-16H,8,13-14H2,1-7H3,(H2,21,22,23);1H. The molecule has 1 aromatic carbocycles. The maximum atomic E-state index is 11.9. The van der Waals surface area contributed by atoms with Crippen LogP contribution < -0.4 is 15.4 Å². The van der Waals surface area contributed by atoms with E-state index in [9.17, 15) is 8.42 Å². The molecule has 0 radical (unpaired) electrons. The first-order valence-electron chi connectivity index (χ1n) is 9.43. The summed E-state index contributed by atoms with van der Waals surface area (Å²) in [6.45, 7) is 13.2. The number of nitrogens with zero attached hydrogens (tertiary/aromatic N) is 1. The summed E-state index contributed by atoms with van der Waals surface area (Å²) >= 11 is 0. The molecule has 0 aliphatic carbocycles. The molecule has 28 heavy (non-hydrogen) atoms. The van der Waals surface area contributed by atoms with Crippen LogP contribution in [0, 0.1) is 5.92 Å². The van der Waals surface area contributed by atoms with E-state index in [4.69, 9.17) is 4.74 Å². The van der Waals surface area contributed by atoms with Gasteiger partial charge in [-0.05, 0) is 51.3 Å². The zero-order valence-electron chi connectivity index (χ0n) is 18.1. The average Bonchev–Trinajstić information content (AvgIpc) is 2.57. The van der Waals surface area contributed by atoms with Crippen molar-refractivity contribution >= 4 is 39.8 Å². The Hall–Kier alpha value is -1.03. The van der Waals surface area contributed by atoms with E-state index in [1.54, 1.807) is 13.8 Å². The zero-order chi connectivity index (χ0) is 20.7. The third-order valence-corrected chi connectivity index (χ3v) is 6.42. The van der Waals surface area contributed by atoms with Gasteiger partial charge >= 0.3 is 0 Å². The normalized spacial score (nSPS) is 13.6. The molecule has 1 unspecified atom stereocenters. The van der Waals surface area contributed by atoms with E-state index in [2.05, 4.69) is 29.5 Å². The molecule has 8 heteroatoms. The van der Waals surface area contributed by atoms with E-state index in [0.717, 1.165) is 11.3 Å². The Morgan fingerprint density at radius 1 is 1.18 bits per heavy atom. The van der Waals surface area contributed by atoms with Crippen molar-refractivity contribution in [1.82, 2.24) is 10.6 Å². The lowest BCUT2D eigenvalue weighted by atomic mass is 10.1. The maximum Gasteiger partial charge on any atom is 0.191 e. The highest BCUT2D eigenvalue weighted by molar-refractivity contribution is 14.0. The van der Waals surface area contributed by atoms with Gasteiger partial charge in [0.1, 0.15) is 5.75 Å². The number of guanidine groups is 1. The van der Waals surface area contributed by atoms with Crippen molar-refractivity contribution in [1.29, 1.82) is 0 Å². The van der Waals surface area contributed by atoms with Crippen molar-refractivity contribution < 1.29 is 13.2 Å². The first-order chi connectivity index (χ1) is 12.5. The van der Waals surface area contributed by atoms with Crippen LogP contribution in [-0.4, -0.2) is 45.1 Å². The van der Waals surface area contributed by atoms with Gasteiger partial charge in [-0.15, -0.1) is 24.0 Å². The van der Waals surface area contributed by atoms with Crippen LogP contribution in [0.2, 0.25) is 0 Å². The second-order valence-corrected chi connectivity index (χ2v) is 10.5.